The fourth-order valence-corrected chi connectivity index (χ4v) is 3.88. The van der Waals surface area contributed by atoms with Gasteiger partial charge in [-0.15, -0.1) is 11.8 Å². The molecular formula is C13H9BrN4S. The van der Waals surface area contributed by atoms with Crippen LogP contribution in [0.1, 0.15) is 11.6 Å². The minimum atomic E-state index is 0.321. The van der Waals surface area contributed by atoms with Gasteiger partial charge in [0.25, 0.3) is 0 Å². The van der Waals surface area contributed by atoms with Gasteiger partial charge in [-0.1, -0.05) is 28.1 Å². The standard InChI is InChI=1S/C13H9BrN4S/c14-9-3-1-8(2-4-9)10-5-19-13-11-12(16-6-15-11)17-7-18(10)13/h1-4,6-7,10H,5H2/t10-/m1/s1. The highest BCUT2D eigenvalue weighted by molar-refractivity contribution is 9.10. The van der Waals surface area contributed by atoms with Crippen LogP contribution in [0.3, 0.4) is 0 Å². The summed E-state index contributed by atoms with van der Waals surface area (Å²) in [6.07, 6.45) is 3.45. The molecule has 0 unspecified atom stereocenters. The van der Waals surface area contributed by atoms with Crippen LogP contribution in [0.5, 0.6) is 0 Å². The Kier molecular flexibility index (Phi) is 2.60. The average Bonchev–Trinajstić information content (AvgIpc) is 3.04. The molecule has 19 heavy (non-hydrogen) atoms. The van der Waals surface area contributed by atoms with Gasteiger partial charge < -0.3 is 4.57 Å². The van der Waals surface area contributed by atoms with Crippen molar-refractivity contribution in [3.63, 3.8) is 0 Å². The Morgan fingerprint density at radius 1 is 1.16 bits per heavy atom. The van der Waals surface area contributed by atoms with E-state index in [-0.39, 0.29) is 0 Å². The van der Waals surface area contributed by atoms with Crippen molar-refractivity contribution in [1.82, 2.24) is 19.5 Å². The number of rotatable bonds is 1. The van der Waals surface area contributed by atoms with Crippen molar-refractivity contribution in [2.45, 2.75) is 11.1 Å². The molecule has 4 rings (SSSR count). The summed E-state index contributed by atoms with van der Waals surface area (Å²) in [5.74, 6) is 1.74. The normalized spacial score (nSPS) is 17.8. The SMILES string of the molecule is Brc1ccc([C@H]2CSc3c4ncnc-4ncn32)cc1. The zero-order chi connectivity index (χ0) is 12.8. The van der Waals surface area contributed by atoms with Crippen molar-refractivity contribution in [3.8, 4) is 11.5 Å². The molecule has 0 fully saturated rings. The maximum Gasteiger partial charge on any atom is 0.183 e. The molecule has 0 aliphatic carbocycles. The first-order chi connectivity index (χ1) is 9.33. The van der Waals surface area contributed by atoms with E-state index in [1.807, 2.05) is 18.1 Å². The monoisotopic (exact) mass is 332 g/mol. The van der Waals surface area contributed by atoms with Crippen molar-refractivity contribution in [1.29, 1.82) is 0 Å². The Bertz CT molecular complexity index is 709. The highest BCUT2D eigenvalue weighted by atomic mass is 79.9. The number of fused-ring (bicyclic) bond motifs is 3. The van der Waals surface area contributed by atoms with E-state index in [0.29, 0.717) is 6.04 Å². The molecular weight excluding hydrogens is 324 g/mol. The van der Waals surface area contributed by atoms with Crippen molar-refractivity contribution in [2.24, 2.45) is 0 Å². The molecule has 1 aromatic carbocycles. The van der Waals surface area contributed by atoms with Gasteiger partial charge in [-0.25, -0.2) is 15.0 Å². The number of imidazole rings is 1. The number of halogens is 1. The lowest BCUT2D eigenvalue weighted by atomic mass is 10.1. The fourth-order valence-electron chi connectivity index (χ4n) is 2.34. The molecule has 0 bridgehead atoms. The van der Waals surface area contributed by atoms with Crippen LogP contribution in [0.2, 0.25) is 0 Å². The van der Waals surface area contributed by atoms with Gasteiger partial charge in [0.1, 0.15) is 17.0 Å². The van der Waals surface area contributed by atoms with Crippen molar-refractivity contribution < 1.29 is 0 Å². The third-order valence-electron chi connectivity index (χ3n) is 3.29. The van der Waals surface area contributed by atoms with Gasteiger partial charge in [0.2, 0.25) is 0 Å². The fraction of sp³-hybridized carbons (Fsp3) is 0.154. The van der Waals surface area contributed by atoms with Gasteiger partial charge in [0.05, 0.1) is 12.4 Å². The quantitative estimate of drug-likeness (QED) is 0.641. The molecule has 0 saturated carbocycles. The summed E-state index contributed by atoms with van der Waals surface area (Å²) in [5.41, 5.74) is 2.20. The topological polar surface area (TPSA) is 43.6 Å². The minimum absolute atomic E-state index is 0.321. The van der Waals surface area contributed by atoms with E-state index in [1.165, 1.54) is 5.56 Å². The minimum Gasteiger partial charge on any atom is -0.317 e. The Labute approximate surface area is 122 Å². The van der Waals surface area contributed by atoms with Gasteiger partial charge >= 0.3 is 0 Å². The molecule has 1 atom stereocenters. The number of aromatic nitrogens is 4. The van der Waals surface area contributed by atoms with Crippen LogP contribution in [0.4, 0.5) is 0 Å². The first-order valence-corrected chi connectivity index (χ1v) is 7.66. The van der Waals surface area contributed by atoms with Crippen LogP contribution >= 0.6 is 27.7 Å². The van der Waals surface area contributed by atoms with Crippen molar-refractivity contribution in [3.05, 3.63) is 47.0 Å². The molecule has 0 saturated heterocycles. The third kappa shape index (κ3) is 1.78. The lowest BCUT2D eigenvalue weighted by Crippen LogP contribution is -2.10. The third-order valence-corrected chi connectivity index (χ3v) is 4.98. The molecule has 0 N–H and O–H groups in total. The summed E-state index contributed by atoms with van der Waals surface area (Å²) in [7, 11) is 0. The van der Waals surface area contributed by atoms with Crippen LogP contribution in [-0.4, -0.2) is 25.3 Å². The molecule has 0 aromatic heterocycles. The maximum atomic E-state index is 4.37. The first kappa shape index (κ1) is 11.4. The van der Waals surface area contributed by atoms with Crippen LogP contribution in [0.15, 0.2) is 46.4 Å². The summed E-state index contributed by atoms with van der Waals surface area (Å²) in [6.45, 7) is 0. The highest BCUT2D eigenvalue weighted by Gasteiger charge is 2.28. The molecule has 1 aromatic rings. The second-order valence-corrected chi connectivity index (χ2v) is 6.31. The van der Waals surface area contributed by atoms with Gasteiger partial charge in [0, 0.05) is 10.2 Å². The summed E-state index contributed by atoms with van der Waals surface area (Å²) in [5, 5.41) is 1.16. The molecule has 3 heterocycles. The number of nitrogens with zero attached hydrogens (tertiary/aromatic N) is 4. The maximum absolute atomic E-state index is 4.37. The Hall–Kier alpha value is -1.40. The van der Waals surface area contributed by atoms with Crippen LogP contribution < -0.4 is 0 Å². The summed E-state index contributed by atoms with van der Waals surface area (Å²) >= 11 is 5.29. The first-order valence-electron chi connectivity index (χ1n) is 5.89. The Morgan fingerprint density at radius 3 is 2.84 bits per heavy atom. The predicted molar refractivity (Wildman–Crippen MR) is 77.4 cm³/mol. The second-order valence-electron chi connectivity index (χ2n) is 4.38. The van der Waals surface area contributed by atoms with E-state index in [4.69, 9.17) is 0 Å². The van der Waals surface area contributed by atoms with Crippen molar-refractivity contribution in [2.75, 3.05) is 5.75 Å². The highest BCUT2D eigenvalue weighted by Crippen LogP contribution is 2.41. The van der Waals surface area contributed by atoms with Crippen LogP contribution in [0.25, 0.3) is 11.5 Å². The van der Waals surface area contributed by atoms with Gasteiger partial charge in [-0.05, 0) is 17.7 Å². The number of hydrogen-bond acceptors (Lipinski definition) is 4. The van der Waals surface area contributed by atoms with Gasteiger partial charge in [-0.2, -0.15) is 0 Å². The number of hydrogen-bond donors (Lipinski definition) is 0. The van der Waals surface area contributed by atoms with E-state index < -0.39 is 0 Å². The van der Waals surface area contributed by atoms with Crippen molar-refractivity contribution >= 4 is 27.7 Å². The number of benzene rings is 1. The lowest BCUT2D eigenvalue weighted by Gasteiger charge is -2.15. The van der Waals surface area contributed by atoms with E-state index in [9.17, 15) is 0 Å². The molecule has 6 heteroatoms. The van der Waals surface area contributed by atoms with Crippen LogP contribution in [0, 0.1) is 0 Å². The summed E-state index contributed by atoms with van der Waals surface area (Å²) < 4.78 is 3.30. The van der Waals surface area contributed by atoms with Crippen LogP contribution in [-0.2, 0) is 0 Å². The largest absolute Gasteiger partial charge is 0.317 e. The second kappa shape index (κ2) is 4.31. The van der Waals surface area contributed by atoms with E-state index in [2.05, 4.69) is 59.7 Å². The predicted octanol–water partition coefficient (Wildman–Crippen LogP) is 3.24. The van der Waals surface area contributed by atoms with E-state index >= 15 is 0 Å². The summed E-state index contributed by atoms with van der Waals surface area (Å²) in [4.78, 5) is 12.8. The molecule has 4 nitrogen and oxygen atoms in total. The zero-order valence-corrected chi connectivity index (χ0v) is 12.2. The van der Waals surface area contributed by atoms with Gasteiger partial charge in [0.15, 0.2) is 5.82 Å². The van der Waals surface area contributed by atoms with E-state index in [0.717, 1.165) is 26.8 Å². The average molecular weight is 333 g/mol. The lowest BCUT2D eigenvalue weighted by molar-refractivity contribution is 0.603. The molecule has 3 aliphatic heterocycles. The van der Waals surface area contributed by atoms with E-state index in [1.54, 1.807) is 6.33 Å². The number of thioether (sulfide) groups is 1. The zero-order valence-electron chi connectivity index (χ0n) is 9.82. The van der Waals surface area contributed by atoms with Gasteiger partial charge in [-0.3, -0.25) is 0 Å². The molecule has 0 amide bonds. The molecule has 0 radical (unpaired) electrons. The molecule has 3 aliphatic rings. The molecule has 94 valence electrons. The Balaban J connectivity index is 1.84. The Morgan fingerprint density at radius 2 is 2.00 bits per heavy atom. The molecule has 0 spiro atoms. The smallest absolute Gasteiger partial charge is 0.183 e. The summed E-state index contributed by atoms with van der Waals surface area (Å²) in [6, 6.07) is 8.78.